The number of carbonyl (C=O) groups excluding carboxylic acids is 2. The maximum atomic E-state index is 13.3. The third-order valence-corrected chi connectivity index (χ3v) is 4.32. The molecule has 0 unspecified atom stereocenters. The molecule has 1 N–H and O–H groups in total. The summed E-state index contributed by atoms with van der Waals surface area (Å²) in [6.07, 6.45) is -4.39. The summed E-state index contributed by atoms with van der Waals surface area (Å²) >= 11 is 0. The van der Waals surface area contributed by atoms with E-state index in [0.717, 1.165) is 12.1 Å². The smallest absolute Gasteiger partial charge is 0.352 e. The fourth-order valence-corrected chi connectivity index (χ4v) is 2.76. The van der Waals surface area contributed by atoms with Crippen molar-refractivity contribution in [2.45, 2.75) is 39.4 Å². The lowest BCUT2D eigenvalue weighted by molar-refractivity contribution is -0.151. The Bertz CT molecular complexity index is 629. The lowest BCUT2D eigenvalue weighted by Gasteiger charge is -2.42. The predicted molar refractivity (Wildman–Crippen MR) is 74.8 cm³/mol. The van der Waals surface area contributed by atoms with Gasteiger partial charge in [0.25, 0.3) is 0 Å². The van der Waals surface area contributed by atoms with Crippen LogP contribution < -0.4 is 5.32 Å². The van der Waals surface area contributed by atoms with Crippen LogP contribution in [0.15, 0.2) is 18.2 Å². The molecule has 126 valence electrons. The van der Waals surface area contributed by atoms with Gasteiger partial charge in [0.1, 0.15) is 11.6 Å². The van der Waals surface area contributed by atoms with Gasteiger partial charge < -0.3 is 5.32 Å². The van der Waals surface area contributed by atoms with Crippen molar-refractivity contribution in [3.63, 3.8) is 0 Å². The Balaban J connectivity index is 2.10. The van der Waals surface area contributed by atoms with E-state index in [9.17, 15) is 27.2 Å². The molecule has 7 heteroatoms. The largest absolute Gasteiger partial charge is 0.416 e. The summed E-state index contributed by atoms with van der Waals surface area (Å²) < 4.78 is 51.3. The summed E-state index contributed by atoms with van der Waals surface area (Å²) in [5.41, 5.74) is -1.88. The van der Waals surface area contributed by atoms with Crippen molar-refractivity contribution in [1.29, 1.82) is 0 Å². The predicted octanol–water partition coefficient (Wildman–Crippen LogP) is 3.47. The third-order valence-electron chi connectivity index (χ3n) is 4.32. The second kappa shape index (κ2) is 5.94. The number of amides is 1. The number of halogens is 4. The molecule has 1 saturated carbocycles. The van der Waals surface area contributed by atoms with E-state index in [1.54, 1.807) is 0 Å². The molecule has 1 aliphatic carbocycles. The summed E-state index contributed by atoms with van der Waals surface area (Å²) in [6.45, 7) is 3.41. The first-order valence-electron chi connectivity index (χ1n) is 7.21. The molecular formula is C16H17F4NO2. The minimum atomic E-state index is -4.65. The first-order valence-corrected chi connectivity index (χ1v) is 7.21. The van der Waals surface area contributed by atoms with Gasteiger partial charge in [-0.1, -0.05) is 13.8 Å². The first-order chi connectivity index (χ1) is 10.5. The molecule has 0 bridgehead atoms. The molecule has 0 saturated heterocycles. The molecule has 0 aromatic heterocycles. The fraction of sp³-hybridized carbons (Fsp3) is 0.500. The maximum Gasteiger partial charge on any atom is 0.416 e. The number of nitrogens with one attached hydrogen (secondary N) is 1. The molecular weight excluding hydrogens is 314 g/mol. The zero-order chi connectivity index (χ0) is 17.4. The van der Waals surface area contributed by atoms with Gasteiger partial charge in [0.15, 0.2) is 0 Å². The van der Waals surface area contributed by atoms with Crippen LogP contribution in [0.3, 0.4) is 0 Å². The molecule has 1 aliphatic rings. The molecule has 23 heavy (non-hydrogen) atoms. The molecule has 1 amide bonds. The van der Waals surface area contributed by atoms with Crippen molar-refractivity contribution in [3.8, 4) is 0 Å². The number of hydrogen-bond donors (Lipinski definition) is 1. The Morgan fingerprint density at radius 1 is 1.26 bits per heavy atom. The summed E-state index contributed by atoms with van der Waals surface area (Å²) in [5, 5.41) is 2.52. The highest BCUT2D eigenvalue weighted by atomic mass is 19.4. The monoisotopic (exact) mass is 331 g/mol. The summed E-state index contributed by atoms with van der Waals surface area (Å²) in [6, 6.07) is 2.16. The average molecular weight is 331 g/mol. The number of Topliss-reactive ketones (excluding diaryl/α,β-unsaturated/α-hetero) is 1. The van der Waals surface area contributed by atoms with Crippen LogP contribution in [-0.2, 0) is 22.3 Å². The van der Waals surface area contributed by atoms with E-state index >= 15 is 0 Å². The lowest BCUT2D eigenvalue weighted by atomic mass is 9.60. The zero-order valence-electron chi connectivity index (χ0n) is 12.8. The van der Waals surface area contributed by atoms with E-state index in [0.29, 0.717) is 6.07 Å². The third kappa shape index (κ3) is 3.54. The van der Waals surface area contributed by atoms with Crippen molar-refractivity contribution in [2.75, 3.05) is 0 Å². The van der Waals surface area contributed by atoms with Crippen molar-refractivity contribution in [3.05, 3.63) is 35.1 Å². The molecule has 0 aliphatic heterocycles. The van der Waals surface area contributed by atoms with Gasteiger partial charge in [0.2, 0.25) is 5.91 Å². The van der Waals surface area contributed by atoms with E-state index in [-0.39, 0.29) is 42.6 Å². The Morgan fingerprint density at radius 3 is 2.35 bits per heavy atom. The molecule has 0 heterocycles. The molecule has 2 rings (SSSR count). The Hall–Kier alpha value is -1.92. The van der Waals surface area contributed by atoms with E-state index < -0.39 is 23.0 Å². The molecule has 3 nitrogen and oxygen atoms in total. The second-order valence-corrected chi connectivity index (χ2v) is 6.23. The zero-order valence-corrected chi connectivity index (χ0v) is 12.8. The van der Waals surface area contributed by atoms with Crippen LogP contribution in [0.5, 0.6) is 0 Å². The quantitative estimate of drug-likeness (QED) is 0.859. The molecule has 1 aromatic rings. The van der Waals surface area contributed by atoms with Crippen LogP contribution in [-0.4, -0.2) is 11.7 Å². The van der Waals surface area contributed by atoms with Gasteiger partial charge in [-0.25, -0.2) is 4.39 Å². The van der Waals surface area contributed by atoms with Crippen molar-refractivity contribution in [2.24, 2.45) is 11.3 Å². The SMILES string of the molecule is CC(C)C1(C(=O)NCc2cc(F)cc(C(F)(F)F)c2)CC(=O)C1. The minimum Gasteiger partial charge on any atom is -0.352 e. The van der Waals surface area contributed by atoms with Crippen molar-refractivity contribution in [1.82, 2.24) is 5.32 Å². The van der Waals surface area contributed by atoms with Crippen LogP contribution in [0.25, 0.3) is 0 Å². The fourth-order valence-electron chi connectivity index (χ4n) is 2.76. The number of benzene rings is 1. The van der Waals surface area contributed by atoms with Crippen LogP contribution in [0.2, 0.25) is 0 Å². The molecule has 0 atom stereocenters. The maximum absolute atomic E-state index is 13.3. The number of alkyl halides is 3. The van der Waals surface area contributed by atoms with Gasteiger partial charge >= 0.3 is 6.18 Å². The highest BCUT2D eigenvalue weighted by molar-refractivity contribution is 5.99. The Kier molecular flexibility index (Phi) is 4.50. The van der Waals surface area contributed by atoms with Gasteiger partial charge in [-0.3, -0.25) is 9.59 Å². The van der Waals surface area contributed by atoms with E-state index in [2.05, 4.69) is 5.32 Å². The van der Waals surface area contributed by atoms with Crippen LogP contribution in [0.1, 0.15) is 37.8 Å². The van der Waals surface area contributed by atoms with Crippen LogP contribution in [0, 0.1) is 17.2 Å². The van der Waals surface area contributed by atoms with E-state index in [1.807, 2.05) is 13.8 Å². The average Bonchev–Trinajstić information content (AvgIpc) is 2.39. The summed E-state index contributed by atoms with van der Waals surface area (Å²) in [4.78, 5) is 23.5. The number of rotatable bonds is 4. The first kappa shape index (κ1) is 17.4. The number of hydrogen-bond acceptors (Lipinski definition) is 2. The lowest BCUT2D eigenvalue weighted by Crippen LogP contribution is -2.53. The second-order valence-electron chi connectivity index (χ2n) is 6.23. The Labute approximate surface area is 131 Å². The molecule has 1 aromatic carbocycles. The van der Waals surface area contributed by atoms with Crippen molar-refractivity contribution >= 4 is 11.7 Å². The van der Waals surface area contributed by atoms with Gasteiger partial charge in [-0.05, 0) is 29.7 Å². The standard InChI is InChI=1S/C16H17F4NO2/c1-9(2)15(6-13(22)7-15)14(23)21-8-10-3-11(16(18,19)20)5-12(17)4-10/h3-5,9H,6-8H2,1-2H3,(H,21,23). The normalized spacial score (nSPS) is 17.1. The van der Waals surface area contributed by atoms with E-state index in [4.69, 9.17) is 0 Å². The summed E-state index contributed by atoms with van der Waals surface area (Å²) in [5.74, 6) is -1.48. The van der Waals surface area contributed by atoms with E-state index in [1.165, 1.54) is 0 Å². The van der Waals surface area contributed by atoms with Gasteiger partial charge in [0.05, 0.1) is 11.0 Å². The minimum absolute atomic E-state index is 0.0148. The van der Waals surface area contributed by atoms with Crippen LogP contribution in [0.4, 0.5) is 17.6 Å². The molecule has 0 spiro atoms. The topological polar surface area (TPSA) is 46.2 Å². The van der Waals surface area contributed by atoms with Crippen LogP contribution >= 0.6 is 0 Å². The van der Waals surface area contributed by atoms with Crippen molar-refractivity contribution < 1.29 is 27.2 Å². The number of ketones is 1. The number of carbonyl (C=O) groups is 2. The Morgan fingerprint density at radius 2 is 1.87 bits per heavy atom. The highest BCUT2D eigenvalue weighted by Crippen LogP contribution is 2.44. The molecule has 0 radical (unpaired) electrons. The summed E-state index contributed by atoms with van der Waals surface area (Å²) in [7, 11) is 0. The molecule has 1 fully saturated rings. The van der Waals surface area contributed by atoms with Gasteiger partial charge in [0, 0.05) is 19.4 Å². The van der Waals surface area contributed by atoms with Gasteiger partial charge in [-0.2, -0.15) is 13.2 Å². The van der Waals surface area contributed by atoms with Gasteiger partial charge in [-0.15, -0.1) is 0 Å². The highest BCUT2D eigenvalue weighted by Gasteiger charge is 2.51.